The molecule has 0 atom stereocenters. The number of rotatable bonds is 5. The van der Waals surface area contributed by atoms with E-state index in [0.29, 0.717) is 18.5 Å². The molecule has 0 heterocycles. The lowest BCUT2D eigenvalue weighted by Crippen LogP contribution is -2.24. The lowest BCUT2D eigenvalue weighted by atomic mass is 10.1. The predicted octanol–water partition coefficient (Wildman–Crippen LogP) is 2.42. The van der Waals surface area contributed by atoms with Gasteiger partial charge in [-0.2, -0.15) is 5.26 Å². The summed E-state index contributed by atoms with van der Waals surface area (Å²) in [4.78, 5) is 11.6. The van der Waals surface area contributed by atoms with Crippen LogP contribution in [0.1, 0.15) is 35.2 Å². The molecule has 1 amide bonds. The van der Waals surface area contributed by atoms with E-state index >= 15 is 0 Å². The van der Waals surface area contributed by atoms with Crippen molar-refractivity contribution in [2.24, 2.45) is 0 Å². The SMILES string of the molecule is Cc1ccc(C(=O)NCCCCC#N)cc1. The molecule has 1 rings (SSSR count). The maximum atomic E-state index is 11.6. The number of carbonyl (C=O) groups is 1. The molecule has 0 spiro atoms. The lowest BCUT2D eigenvalue weighted by molar-refractivity contribution is 0.0953. The van der Waals surface area contributed by atoms with Gasteiger partial charge in [-0.25, -0.2) is 0 Å². The lowest BCUT2D eigenvalue weighted by Gasteiger charge is -2.04. The van der Waals surface area contributed by atoms with Gasteiger partial charge >= 0.3 is 0 Å². The molecule has 0 aliphatic heterocycles. The molecule has 0 bridgehead atoms. The number of unbranched alkanes of at least 4 members (excludes halogenated alkanes) is 2. The van der Waals surface area contributed by atoms with Crippen molar-refractivity contribution >= 4 is 5.91 Å². The van der Waals surface area contributed by atoms with E-state index in [-0.39, 0.29) is 5.91 Å². The second kappa shape index (κ2) is 6.62. The van der Waals surface area contributed by atoms with Gasteiger partial charge in [-0.05, 0) is 31.9 Å². The fourth-order valence-electron chi connectivity index (χ4n) is 1.34. The van der Waals surface area contributed by atoms with E-state index in [9.17, 15) is 4.79 Å². The van der Waals surface area contributed by atoms with E-state index in [1.807, 2.05) is 31.2 Å². The van der Waals surface area contributed by atoms with Crippen LogP contribution in [0.25, 0.3) is 0 Å². The molecule has 0 aliphatic rings. The molecule has 16 heavy (non-hydrogen) atoms. The summed E-state index contributed by atoms with van der Waals surface area (Å²) in [6, 6.07) is 9.56. The van der Waals surface area contributed by atoms with Gasteiger partial charge in [0, 0.05) is 18.5 Å². The Morgan fingerprint density at radius 1 is 1.31 bits per heavy atom. The van der Waals surface area contributed by atoms with E-state index in [2.05, 4.69) is 11.4 Å². The van der Waals surface area contributed by atoms with E-state index in [1.165, 1.54) is 0 Å². The summed E-state index contributed by atoms with van der Waals surface area (Å²) in [5.41, 5.74) is 1.83. The molecule has 0 saturated carbocycles. The Balaban J connectivity index is 2.30. The number of nitriles is 1. The van der Waals surface area contributed by atoms with Gasteiger partial charge < -0.3 is 5.32 Å². The van der Waals surface area contributed by atoms with Crippen LogP contribution in [0, 0.1) is 18.3 Å². The smallest absolute Gasteiger partial charge is 0.251 e. The monoisotopic (exact) mass is 216 g/mol. The van der Waals surface area contributed by atoms with Crippen molar-refractivity contribution in [2.75, 3.05) is 6.54 Å². The van der Waals surface area contributed by atoms with Crippen LogP contribution in [-0.2, 0) is 0 Å². The van der Waals surface area contributed by atoms with Crippen LogP contribution in [-0.4, -0.2) is 12.5 Å². The van der Waals surface area contributed by atoms with Gasteiger partial charge in [0.2, 0.25) is 0 Å². The number of hydrogen-bond acceptors (Lipinski definition) is 2. The molecular formula is C13H16N2O. The molecule has 0 radical (unpaired) electrons. The zero-order valence-corrected chi connectivity index (χ0v) is 9.49. The Bertz CT molecular complexity index is 376. The van der Waals surface area contributed by atoms with Crippen LogP contribution in [0.2, 0.25) is 0 Å². The van der Waals surface area contributed by atoms with E-state index in [4.69, 9.17) is 5.26 Å². The summed E-state index contributed by atoms with van der Waals surface area (Å²) in [6.45, 7) is 2.62. The molecule has 0 saturated heterocycles. The Hall–Kier alpha value is -1.82. The highest BCUT2D eigenvalue weighted by molar-refractivity contribution is 5.94. The third kappa shape index (κ3) is 4.14. The standard InChI is InChI=1S/C13H16N2O/c1-11-5-7-12(8-6-11)13(16)15-10-4-2-3-9-14/h5-8H,2-4,10H2,1H3,(H,15,16). The number of nitrogens with one attached hydrogen (secondary N) is 1. The van der Waals surface area contributed by atoms with Gasteiger partial charge in [0.15, 0.2) is 0 Å². The number of hydrogen-bond donors (Lipinski definition) is 1. The number of amides is 1. The molecular weight excluding hydrogens is 200 g/mol. The highest BCUT2D eigenvalue weighted by Gasteiger charge is 2.03. The first kappa shape index (κ1) is 12.3. The fourth-order valence-corrected chi connectivity index (χ4v) is 1.34. The number of carbonyl (C=O) groups excluding carboxylic acids is 1. The van der Waals surface area contributed by atoms with Crippen molar-refractivity contribution in [3.8, 4) is 6.07 Å². The van der Waals surface area contributed by atoms with Crippen molar-refractivity contribution in [3.63, 3.8) is 0 Å². The summed E-state index contributed by atoms with van der Waals surface area (Å²) >= 11 is 0. The molecule has 0 unspecified atom stereocenters. The Kier molecular flexibility index (Phi) is 5.07. The molecule has 1 aromatic rings. The highest BCUT2D eigenvalue weighted by Crippen LogP contribution is 2.02. The minimum Gasteiger partial charge on any atom is -0.352 e. The van der Waals surface area contributed by atoms with Gasteiger partial charge in [-0.1, -0.05) is 17.7 Å². The fraction of sp³-hybridized carbons (Fsp3) is 0.385. The topological polar surface area (TPSA) is 52.9 Å². The maximum Gasteiger partial charge on any atom is 0.251 e. The van der Waals surface area contributed by atoms with Crippen LogP contribution in [0.4, 0.5) is 0 Å². The van der Waals surface area contributed by atoms with Crippen LogP contribution in [0.15, 0.2) is 24.3 Å². The zero-order chi connectivity index (χ0) is 11.8. The molecule has 3 nitrogen and oxygen atoms in total. The van der Waals surface area contributed by atoms with Gasteiger partial charge in [-0.3, -0.25) is 4.79 Å². The van der Waals surface area contributed by atoms with Crippen molar-refractivity contribution in [1.29, 1.82) is 5.26 Å². The Morgan fingerprint density at radius 2 is 2.00 bits per heavy atom. The largest absolute Gasteiger partial charge is 0.352 e. The van der Waals surface area contributed by atoms with Crippen LogP contribution in [0.3, 0.4) is 0 Å². The van der Waals surface area contributed by atoms with Crippen LogP contribution < -0.4 is 5.32 Å². The first-order chi connectivity index (χ1) is 7.74. The summed E-state index contributed by atoms with van der Waals surface area (Å²) in [7, 11) is 0. The quantitative estimate of drug-likeness (QED) is 0.768. The predicted molar refractivity (Wildman–Crippen MR) is 63.0 cm³/mol. The summed E-state index contributed by atoms with van der Waals surface area (Å²) < 4.78 is 0. The molecule has 1 aromatic carbocycles. The first-order valence-electron chi connectivity index (χ1n) is 5.46. The zero-order valence-electron chi connectivity index (χ0n) is 9.49. The van der Waals surface area contributed by atoms with E-state index in [1.54, 1.807) is 0 Å². The number of nitrogens with zero attached hydrogens (tertiary/aromatic N) is 1. The van der Waals surface area contributed by atoms with Gasteiger partial charge in [0.05, 0.1) is 6.07 Å². The first-order valence-corrected chi connectivity index (χ1v) is 5.46. The van der Waals surface area contributed by atoms with Gasteiger partial charge in [0.25, 0.3) is 5.91 Å². The summed E-state index contributed by atoms with van der Waals surface area (Å²) in [5.74, 6) is -0.0445. The average Bonchev–Trinajstić information content (AvgIpc) is 2.29. The molecule has 3 heteroatoms. The van der Waals surface area contributed by atoms with Crippen molar-refractivity contribution in [2.45, 2.75) is 26.2 Å². The molecule has 84 valence electrons. The molecule has 0 fully saturated rings. The molecule has 1 N–H and O–H groups in total. The number of aryl methyl sites for hydroxylation is 1. The summed E-state index contributed by atoms with van der Waals surface area (Å²) in [6.07, 6.45) is 2.25. The number of benzene rings is 1. The summed E-state index contributed by atoms with van der Waals surface area (Å²) in [5, 5.41) is 11.2. The van der Waals surface area contributed by atoms with Crippen molar-refractivity contribution < 1.29 is 4.79 Å². The Morgan fingerprint density at radius 3 is 2.62 bits per heavy atom. The van der Waals surface area contributed by atoms with E-state index < -0.39 is 0 Å². The third-order valence-corrected chi connectivity index (χ3v) is 2.31. The maximum absolute atomic E-state index is 11.6. The average molecular weight is 216 g/mol. The van der Waals surface area contributed by atoms with E-state index in [0.717, 1.165) is 18.4 Å². The molecule has 0 aromatic heterocycles. The van der Waals surface area contributed by atoms with Gasteiger partial charge in [0.1, 0.15) is 0 Å². The third-order valence-electron chi connectivity index (χ3n) is 2.31. The van der Waals surface area contributed by atoms with Gasteiger partial charge in [-0.15, -0.1) is 0 Å². The molecule has 0 aliphatic carbocycles. The second-order valence-electron chi connectivity index (χ2n) is 3.74. The van der Waals surface area contributed by atoms with Crippen molar-refractivity contribution in [1.82, 2.24) is 5.32 Å². The normalized spacial score (nSPS) is 9.50. The second-order valence-corrected chi connectivity index (χ2v) is 3.74. The Labute approximate surface area is 96.1 Å². The van der Waals surface area contributed by atoms with Crippen molar-refractivity contribution in [3.05, 3.63) is 35.4 Å². The minimum atomic E-state index is -0.0445. The highest BCUT2D eigenvalue weighted by atomic mass is 16.1. The van der Waals surface area contributed by atoms with Crippen LogP contribution in [0.5, 0.6) is 0 Å². The minimum absolute atomic E-state index is 0.0445. The van der Waals surface area contributed by atoms with Crippen LogP contribution >= 0.6 is 0 Å².